The molecule has 2 heterocycles. The molecular weight excluding hydrogens is 306 g/mol. The van der Waals surface area contributed by atoms with Gasteiger partial charge >= 0.3 is 0 Å². The molecule has 0 saturated carbocycles. The number of nitrogens with two attached hydrogens (primary N) is 1. The fraction of sp³-hybridized carbons (Fsp3) is 0.500. The van der Waals surface area contributed by atoms with Crippen molar-refractivity contribution in [2.75, 3.05) is 33.1 Å². The van der Waals surface area contributed by atoms with E-state index in [1.807, 2.05) is 13.0 Å². The first-order chi connectivity index (χ1) is 11.6. The van der Waals surface area contributed by atoms with Crippen LogP contribution in [0.3, 0.4) is 0 Å². The molecule has 2 aliphatic rings. The molecule has 0 aromatic heterocycles. The smallest absolute Gasteiger partial charge is 0.231 e. The number of nitrogens with zero attached hydrogens (tertiary/aromatic N) is 1. The third-order valence-corrected chi connectivity index (χ3v) is 4.56. The summed E-state index contributed by atoms with van der Waals surface area (Å²) in [5.41, 5.74) is 8.12. The summed E-state index contributed by atoms with van der Waals surface area (Å²) in [5.74, 6) is 2.05. The first kappa shape index (κ1) is 16.6. The van der Waals surface area contributed by atoms with E-state index in [0.29, 0.717) is 19.0 Å². The van der Waals surface area contributed by atoms with Crippen LogP contribution in [0, 0.1) is 0 Å². The molecule has 0 amide bonds. The van der Waals surface area contributed by atoms with Gasteiger partial charge in [0.2, 0.25) is 6.79 Å². The molecule has 0 atom stereocenters. The minimum Gasteiger partial charge on any atom is -0.454 e. The molecule has 0 spiro atoms. The number of hydrogen-bond acceptors (Lipinski definition) is 4. The average molecular weight is 331 g/mol. The second kappa shape index (κ2) is 7.13. The molecule has 3 rings (SSSR count). The second-order valence-electron chi connectivity index (χ2n) is 6.47. The number of ether oxygens (including phenoxy) is 3. The Kier molecular flexibility index (Phi) is 4.94. The summed E-state index contributed by atoms with van der Waals surface area (Å²) in [6, 6.07) is 6.15. The lowest BCUT2D eigenvalue weighted by Gasteiger charge is -2.36. The number of nitrogens with one attached hydrogen (secondary N) is 1. The highest BCUT2D eigenvalue weighted by molar-refractivity contribution is 5.78. The Morgan fingerprint density at radius 2 is 2.04 bits per heavy atom. The first-order valence-electron chi connectivity index (χ1n) is 8.25. The van der Waals surface area contributed by atoms with E-state index in [1.54, 1.807) is 0 Å². The molecule has 1 aromatic rings. The van der Waals surface area contributed by atoms with Gasteiger partial charge in [0.15, 0.2) is 17.5 Å². The third-order valence-electron chi connectivity index (χ3n) is 4.56. The lowest BCUT2D eigenvalue weighted by Crippen LogP contribution is -2.39. The van der Waals surface area contributed by atoms with Crippen LogP contribution in [0.5, 0.6) is 11.5 Å². The van der Waals surface area contributed by atoms with E-state index >= 15 is 0 Å². The van der Waals surface area contributed by atoms with Gasteiger partial charge in [-0.2, -0.15) is 0 Å². The Morgan fingerprint density at radius 1 is 1.29 bits per heavy atom. The maximum Gasteiger partial charge on any atom is 0.231 e. The number of rotatable bonds is 5. The van der Waals surface area contributed by atoms with Crippen LogP contribution in [0.4, 0.5) is 0 Å². The monoisotopic (exact) mass is 331 g/mol. The van der Waals surface area contributed by atoms with E-state index in [1.165, 1.54) is 5.56 Å². The molecule has 3 N–H and O–H groups in total. The highest BCUT2D eigenvalue weighted by atomic mass is 16.7. The van der Waals surface area contributed by atoms with Gasteiger partial charge < -0.3 is 25.3 Å². The minimum atomic E-state index is -0.0885. The number of hydrogen-bond donors (Lipinski definition) is 2. The van der Waals surface area contributed by atoms with Crippen molar-refractivity contribution in [3.63, 3.8) is 0 Å². The Balaban J connectivity index is 1.80. The fourth-order valence-electron chi connectivity index (χ4n) is 3.06. The van der Waals surface area contributed by atoms with Crippen molar-refractivity contribution >= 4 is 5.96 Å². The Labute approximate surface area is 142 Å². The molecule has 0 radical (unpaired) electrons. The topological polar surface area (TPSA) is 78.1 Å². The van der Waals surface area contributed by atoms with E-state index < -0.39 is 0 Å². The zero-order valence-electron chi connectivity index (χ0n) is 14.1. The van der Waals surface area contributed by atoms with Crippen molar-refractivity contribution in [1.29, 1.82) is 0 Å². The van der Waals surface area contributed by atoms with Gasteiger partial charge in [0.25, 0.3) is 0 Å². The van der Waals surface area contributed by atoms with E-state index in [-0.39, 0.29) is 12.2 Å². The molecule has 2 aliphatic heterocycles. The molecular formula is C18H25N3O3. The summed E-state index contributed by atoms with van der Waals surface area (Å²) >= 11 is 0. The quantitative estimate of drug-likeness (QED) is 0.490. The zero-order chi connectivity index (χ0) is 17.0. The van der Waals surface area contributed by atoms with E-state index in [2.05, 4.69) is 29.0 Å². The van der Waals surface area contributed by atoms with Crippen molar-refractivity contribution in [3.05, 3.63) is 35.9 Å². The average Bonchev–Trinajstić information content (AvgIpc) is 3.06. The van der Waals surface area contributed by atoms with Crippen LogP contribution in [0.2, 0.25) is 0 Å². The molecule has 6 nitrogen and oxygen atoms in total. The lowest BCUT2D eigenvalue weighted by atomic mass is 9.74. The van der Waals surface area contributed by atoms with Crippen LogP contribution in [0.15, 0.2) is 35.3 Å². The van der Waals surface area contributed by atoms with Gasteiger partial charge in [-0.3, -0.25) is 4.99 Å². The molecule has 24 heavy (non-hydrogen) atoms. The summed E-state index contributed by atoms with van der Waals surface area (Å²) in [6.45, 7) is 8.79. The molecule has 0 unspecified atom stereocenters. The van der Waals surface area contributed by atoms with Crippen molar-refractivity contribution in [2.24, 2.45) is 10.7 Å². The van der Waals surface area contributed by atoms with Gasteiger partial charge in [-0.25, -0.2) is 0 Å². The van der Waals surface area contributed by atoms with Crippen LogP contribution >= 0.6 is 0 Å². The summed E-state index contributed by atoms with van der Waals surface area (Å²) in [7, 11) is 0. The van der Waals surface area contributed by atoms with Crippen molar-refractivity contribution in [3.8, 4) is 11.5 Å². The van der Waals surface area contributed by atoms with Crippen LogP contribution in [-0.4, -0.2) is 39.1 Å². The van der Waals surface area contributed by atoms with Gasteiger partial charge in [-0.1, -0.05) is 18.2 Å². The van der Waals surface area contributed by atoms with Crippen molar-refractivity contribution in [1.82, 2.24) is 5.32 Å². The highest BCUT2D eigenvalue weighted by Crippen LogP contribution is 2.41. The maximum absolute atomic E-state index is 5.99. The van der Waals surface area contributed by atoms with Crippen LogP contribution in [0.1, 0.15) is 25.3 Å². The minimum absolute atomic E-state index is 0.0885. The highest BCUT2D eigenvalue weighted by Gasteiger charge is 2.35. The normalized spacial score (nSPS) is 19.1. The summed E-state index contributed by atoms with van der Waals surface area (Å²) < 4.78 is 16.5. The molecule has 1 fully saturated rings. The van der Waals surface area contributed by atoms with Gasteiger partial charge in [0.1, 0.15) is 0 Å². The van der Waals surface area contributed by atoms with E-state index in [9.17, 15) is 0 Å². The largest absolute Gasteiger partial charge is 0.454 e. The summed E-state index contributed by atoms with van der Waals surface area (Å²) in [4.78, 5) is 4.58. The first-order valence-corrected chi connectivity index (χ1v) is 8.25. The van der Waals surface area contributed by atoms with Crippen molar-refractivity contribution < 1.29 is 14.2 Å². The van der Waals surface area contributed by atoms with Crippen LogP contribution in [-0.2, 0) is 10.2 Å². The van der Waals surface area contributed by atoms with Crippen molar-refractivity contribution in [2.45, 2.75) is 25.2 Å². The van der Waals surface area contributed by atoms with Gasteiger partial charge in [-0.05, 0) is 37.5 Å². The third kappa shape index (κ3) is 3.64. The molecule has 0 aliphatic carbocycles. The standard InChI is InChI=1S/C18H25N3O3/c1-13(2)10-20-17(19)21-11-18(5-7-22-8-6-18)14-3-4-15-16(9-14)24-12-23-15/h3-4,9H,1,5-8,10-12H2,2H3,(H3,19,20,21). The van der Waals surface area contributed by atoms with Gasteiger partial charge in [0.05, 0.1) is 6.54 Å². The SMILES string of the molecule is C=C(C)CNC(N)=NCC1(c2ccc3c(c2)OCO3)CCOCC1. The Hall–Kier alpha value is -2.21. The van der Waals surface area contributed by atoms with E-state index in [4.69, 9.17) is 19.9 Å². The van der Waals surface area contributed by atoms with Gasteiger partial charge in [0, 0.05) is 25.2 Å². The summed E-state index contributed by atoms with van der Waals surface area (Å²) in [6.07, 6.45) is 1.81. The second-order valence-corrected chi connectivity index (χ2v) is 6.47. The van der Waals surface area contributed by atoms with Crippen LogP contribution < -0.4 is 20.5 Å². The number of guanidine groups is 1. The molecule has 0 bridgehead atoms. The summed E-state index contributed by atoms with van der Waals surface area (Å²) in [5, 5.41) is 3.08. The Morgan fingerprint density at radius 3 is 2.79 bits per heavy atom. The molecule has 1 saturated heterocycles. The lowest BCUT2D eigenvalue weighted by molar-refractivity contribution is 0.0530. The predicted molar refractivity (Wildman–Crippen MR) is 93.6 cm³/mol. The molecule has 1 aromatic carbocycles. The predicted octanol–water partition coefficient (Wildman–Crippen LogP) is 1.94. The number of aliphatic imine (C=N–C) groups is 1. The van der Waals surface area contributed by atoms with Gasteiger partial charge in [-0.15, -0.1) is 0 Å². The fourth-order valence-corrected chi connectivity index (χ4v) is 3.06. The Bertz CT molecular complexity index is 636. The number of benzene rings is 1. The molecule has 6 heteroatoms. The van der Waals surface area contributed by atoms with Crippen LogP contribution in [0.25, 0.3) is 0 Å². The maximum atomic E-state index is 5.99. The molecule has 130 valence electrons. The number of fused-ring (bicyclic) bond motifs is 1. The van der Waals surface area contributed by atoms with E-state index in [0.717, 1.165) is 43.1 Å². The zero-order valence-corrected chi connectivity index (χ0v) is 14.1.